The SMILES string of the molecule is O=C(COc1cccc([C@@H]2c3sc(=O)[nH]c3S[C@@H]3[C@@H]4C[C@@H]([C@@H]5C(=O)N(c6cccc(C(F)(F)F)c6)C(=O)[C@@H]45)[C@H]23)c1)N1CCOCC1. The van der Waals surface area contributed by atoms with Crippen molar-refractivity contribution in [3.05, 3.63) is 74.2 Å². The van der Waals surface area contributed by atoms with Crippen LogP contribution in [-0.2, 0) is 25.3 Å². The lowest BCUT2D eigenvalue weighted by atomic mass is 9.68. The van der Waals surface area contributed by atoms with E-state index in [1.807, 2.05) is 18.2 Å². The van der Waals surface area contributed by atoms with Crippen LogP contribution < -0.4 is 14.5 Å². The van der Waals surface area contributed by atoms with Crippen molar-refractivity contribution in [3.63, 3.8) is 0 Å². The van der Waals surface area contributed by atoms with Gasteiger partial charge < -0.3 is 19.4 Å². The first-order valence-electron chi connectivity index (χ1n) is 15.1. The number of imide groups is 1. The molecule has 0 radical (unpaired) electrons. The lowest BCUT2D eigenvalue weighted by molar-refractivity contribution is -0.138. The Labute approximate surface area is 269 Å². The first-order chi connectivity index (χ1) is 22.1. The van der Waals surface area contributed by atoms with Gasteiger partial charge >= 0.3 is 11.0 Å². The molecule has 8 rings (SSSR count). The molecule has 2 saturated heterocycles. The van der Waals surface area contributed by atoms with Gasteiger partial charge in [-0.1, -0.05) is 29.5 Å². The fourth-order valence-corrected chi connectivity index (χ4v) is 11.2. The van der Waals surface area contributed by atoms with E-state index in [4.69, 9.17) is 9.47 Å². The Morgan fingerprint density at radius 1 is 1.00 bits per heavy atom. The third kappa shape index (κ3) is 4.70. The van der Waals surface area contributed by atoms with E-state index in [2.05, 4.69) is 4.98 Å². The molecule has 9 nitrogen and oxygen atoms in total. The first kappa shape index (κ1) is 29.8. The van der Waals surface area contributed by atoms with Gasteiger partial charge in [0, 0.05) is 29.1 Å². The molecule has 7 atom stereocenters. The van der Waals surface area contributed by atoms with Gasteiger partial charge in [0.15, 0.2) is 6.61 Å². The average molecular weight is 672 g/mol. The summed E-state index contributed by atoms with van der Waals surface area (Å²) in [6, 6.07) is 11.8. The Balaban J connectivity index is 1.11. The minimum atomic E-state index is -4.61. The number of rotatable bonds is 5. The van der Waals surface area contributed by atoms with Crippen LogP contribution in [0.4, 0.5) is 18.9 Å². The lowest BCUT2D eigenvalue weighted by Gasteiger charge is -2.43. The second-order valence-electron chi connectivity index (χ2n) is 12.4. The Bertz CT molecular complexity index is 1800. The molecule has 0 spiro atoms. The van der Waals surface area contributed by atoms with Crippen molar-refractivity contribution in [1.82, 2.24) is 9.88 Å². The molecule has 4 fully saturated rings. The Morgan fingerprint density at radius 2 is 1.74 bits per heavy atom. The molecule has 4 heterocycles. The predicted molar refractivity (Wildman–Crippen MR) is 162 cm³/mol. The van der Waals surface area contributed by atoms with Crippen LogP contribution in [0.15, 0.2) is 58.4 Å². The van der Waals surface area contributed by atoms with Crippen LogP contribution >= 0.6 is 23.1 Å². The van der Waals surface area contributed by atoms with E-state index < -0.39 is 35.4 Å². The lowest BCUT2D eigenvalue weighted by Crippen LogP contribution is -2.43. The number of anilines is 1. The van der Waals surface area contributed by atoms with Gasteiger partial charge in [-0.2, -0.15) is 13.2 Å². The zero-order chi connectivity index (χ0) is 31.9. The van der Waals surface area contributed by atoms with Crippen molar-refractivity contribution in [2.45, 2.75) is 28.8 Å². The number of benzene rings is 2. The maximum absolute atomic E-state index is 13.9. The molecule has 14 heteroatoms. The molecular formula is C32H28F3N3O6S2. The monoisotopic (exact) mass is 671 g/mol. The second-order valence-corrected chi connectivity index (χ2v) is 14.6. The summed E-state index contributed by atoms with van der Waals surface area (Å²) in [5.41, 5.74) is -0.110. The summed E-state index contributed by atoms with van der Waals surface area (Å²) in [5.74, 6) is -2.59. The maximum atomic E-state index is 13.9. The van der Waals surface area contributed by atoms with Crippen LogP contribution in [0, 0.1) is 29.6 Å². The van der Waals surface area contributed by atoms with Crippen LogP contribution in [0.5, 0.6) is 5.75 Å². The average Bonchev–Trinajstić information content (AvgIpc) is 3.78. The summed E-state index contributed by atoms with van der Waals surface area (Å²) in [4.78, 5) is 59.4. The van der Waals surface area contributed by atoms with Crippen molar-refractivity contribution in [1.29, 1.82) is 0 Å². The number of ether oxygens (including phenoxy) is 2. The number of halogens is 3. The summed E-state index contributed by atoms with van der Waals surface area (Å²) < 4.78 is 51.8. The van der Waals surface area contributed by atoms with Crippen LogP contribution in [0.1, 0.15) is 28.3 Å². The largest absolute Gasteiger partial charge is 0.484 e. The number of morpholine rings is 1. The van der Waals surface area contributed by atoms with Crippen molar-refractivity contribution < 1.29 is 37.0 Å². The number of alkyl halides is 3. The highest BCUT2D eigenvalue weighted by Gasteiger charge is 2.69. The highest BCUT2D eigenvalue weighted by molar-refractivity contribution is 8.00. The van der Waals surface area contributed by atoms with E-state index in [0.29, 0.717) is 38.5 Å². The van der Waals surface area contributed by atoms with Gasteiger partial charge in [-0.3, -0.25) is 24.1 Å². The smallest absolute Gasteiger partial charge is 0.416 e. The highest BCUT2D eigenvalue weighted by Crippen LogP contribution is 2.68. The summed E-state index contributed by atoms with van der Waals surface area (Å²) >= 11 is 2.66. The fraction of sp³-hybridized carbons (Fsp3) is 0.438. The standard InChI is InChI=1S/C32H28F3N3O6S2/c33-32(34,35)16-4-2-5-17(12-16)38-29(40)24-19-13-20(25(24)30(38)41)26-23(19)22(27-28(45-26)36-31(42)46-27)15-3-1-6-18(11-15)44-14-21(39)37-7-9-43-10-8-37/h1-6,11-12,19-20,22-26H,7-10,13-14H2,(H,36,42)/t19-,20-,22+,23-,24+,25+,26-/m1/s1. The third-order valence-electron chi connectivity index (χ3n) is 10.1. The molecule has 3 amide bonds. The predicted octanol–water partition coefficient (Wildman–Crippen LogP) is 4.37. The number of hydrogen-bond acceptors (Lipinski definition) is 8. The van der Waals surface area contributed by atoms with E-state index in [9.17, 15) is 32.3 Å². The van der Waals surface area contributed by atoms with Gasteiger partial charge in [-0.05, 0) is 60.1 Å². The van der Waals surface area contributed by atoms with Crippen LogP contribution in [0.2, 0.25) is 0 Å². The molecule has 2 aliphatic carbocycles. The summed E-state index contributed by atoms with van der Waals surface area (Å²) in [6.45, 7) is 1.87. The molecule has 1 aromatic heterocycles. The van der Waals surface area contributed by atoms with Gasteiger partial charge in [0.05, 0.1) is 41.3 Å². The number of hydrogen-bond donors (Lipinski definition) is 1. The summed E-state index contributed by atoms with van der Waals surface area (Å²) in [7, 11) is 0. The maximum Gasteiger partial charge on any atom is 0.416 e. The highest BCUT2D eigenvalue weighted by atomic mass is 32.2. The minimum Gasteiger partial charge on any atom is -0.484 e. The zero-order valence-corrected chi connectivity index (χ0v) is 25.8. The van der Waals surface area contributed by atoms with Gasteiger partial charge in [-0.25, -0.2) is 0 Å². The second kappa shape index (κ2) is 11.0. The number of carbonyl (C=O) groups is 3. The Hall–Kier alpha value is -3.62. The van der Waals surface area contributed by atoms with Gasteiger partial charge in [0.1, 0.15) is 5.75 Å². The quantitative estimate of drug-likeness (QED) is 0.402. The number of fused-ring (bicyclic) bond motifs is 9. The molecule has 5 aliphatic rings. The number of thiazole rings is 1. The Morgan fingerprint density at radius 3 is 2.50 bits per heavy atom. The van der Waals surface area contributed by atoms with Crippen LogP contribution in [-0.4, -0.2) is 65.8 Å². The molecule has 3 aliphatic heterocycles. The van der Waals surface area contributed by atoms with Crippen molar-refractivity contribution in [3.8, 4) is 5.75 Å². The molecular weight excluding hydrogens is 643 g/mol. The van der Waals surface area contributed by atoms with Crippen LogP contribution in [0.25, 0.3) is 0 Å². The third-order valence-corrected chi connectivity index (χ3v) is 12.7. The zero-order valence-electron chi connectivity index (χ0n) is 24.2. The fourth-order valence-electron chi connectivity index (χ4n) is 8.31. The number of aromatic nitrogens is 1. The summed E-state index contributed by atoms with van der Waals surface area (Å²) in [6.07, 6.45) is -3.97. The first-order valence-corrected chi connectivity index (χ1v) is 16.8. The summed E-state index contributed by atoms with van der Waals surface area (Å²) in [5, 5.41) is 0.658. The number of thioether (sulfide) groups is 1. The number of nitrogens with one attached hydrogen (secondary N) is 1. The number of aromatic amines is 1. The number of nitrogens with zero attached hydrogens (tertiary/aromatic N) is 2. The van der Waals surface area contributed by atoms with E-state index in [1.165, 1.54) is 23.9 Å². The number of amides is 3. The van der Waals surface area contributed by atoms with Gasteiger partial charge in [0.2, 0.25) is 11.8 Å². The normalized spacial score (nSPS) is 29.9. The van der Waals surface area contributed by atoms with Crippen molar-refractivity contribution in [2.75, 3.05) is 37.8 Å². The van der Waals surface area contributed by atoms with Gasteiger partial charge in [0.25, 0.3) is 5.91 Å². The van der Waals surface area contributed by atoms with E-state index in [0.717, 1.165) is 43.8 Å². The number of H-pyrrole nitrogens is 1. The molecule has 2 aromatic carbocycles. The van der Waals surface area contributed by atoms with E-state index >= 15 is 0 Å². The van der Waals surface area contributed by atoms with Gasteiger partial charge in [-0.15, -0.1) is 11.8 Å². The molecule has 0 unspecified atom stereocenters. The molecule has 2 bridgehead atoms. The molecule has 2 saturated carbocycles. The van der Waals surface area contributed by atoms with E-state index in [-0.39, 0.29) is 52.0 Å². The topological polar surface area (TPSA) is 109 Å². The molecule has 46 heavy (non-hydrogen) atoms. The Kier molecular flexibility index (Phi) is 7.11. The van der Waals surface area contributed by atoms with Crippen molar-refractivity contribution in [2.24, 2.45) is 29.6 Å². The van der Waals surface area contributed by atoms with Crippen molar-refractivity contribution >= 4 is 46.5 Å². The number of carbonyl (C=O) groups excluding carboxylic acids is 3. The van der Waals surface area contributed by atoms with Crippen LogP contribution in [0.3, 0.4) is 0 Å². The molecule has 1 N–H and O–H groups in total. The van der Waals surface area contributed by atoms with E-state index in [1.54, 1.807) is 11.0 Å². The molecule has 240 valence electrons. The molecule has 3 aromatic rings. The minimum absolute atomic E-state index is 0.0642.